The summed E-state index contributed by atoms with van der Waals surface area (Å²) in [7, 11) is 0. The van der Waals surface area contributed by atoms with Crippen molar-refractivity contribution in [1.82, 2.24) is 25.0 Å². The van der Waals surface area contributed by atoms with Crippen molar-refractivity contribution in [3.63, 3.8) is 0 Å². The van der Waals surface area contributed by atoms with Crippen molar-refractivity contribution >= 4 is 45.7 Å². The van der Waals surface area contributed by atoms with Gasteiger partial charge in [0.1, 0.15) is 17.4 Å². The number of benzene rings is 1. The molecule has 1 amide bonds. The average molecular weight is 439 g/mol. The molecule has 0 bridgehead atoms. The van der Waals surface area contributed by atoms with Gasteiger partial charge in [-0.15, -0.1) is 20.4 Å². The zero-order valence-electron chi connectivity index (χ0n) is 15.5. The van der Waals surface area contributed by atoms with Crippen molar-refractivity contribution < 1.29 is 9.53 Å². The summed E-state index contributed by atoms with van der Waals surface area (Å²) in [5.41, 5.74) is 0. The average Bonchev–Trinajstić information content (AvgIpc) is 3.26. The minimum Gasteiger partial charge on any atom is -0.486 e. The molecule has 0 aliphatic heterocycles. The number of rotatable bonds is 8. The Bertz CT molecular complexity index is 944. The van der Waals surface area contributed by atoms with E-state index in [1.165, 1.54) is 23.1 Å². The van der Waals surface area contributed by atoms with E-state index in [4.69, 9.17) is 16.3 Å². The molecule has 0 aliphatic rings. The Kier molecular flexibility index (Phi) is 6.87. The molecule has 2 aromatic heterocycles. The first-order chi connectivity index (χ1) is 13.5. The van der Waals surface area contributed by atoms with Gasteiger partial charge in [0.15, 0.2) is 11.0 Å². The highest BCUT2D eigenvalue weighted by Gasteiger charge is 2.21. The maximum atomic E-state index is 12.4. The summed E-state index contributed by atoms with van der Waals surface area (Å²) >= 11 is 8.55. The van der Waals surface area contributed by atoms with Gasteiger partial charge in [-0.1, -0.05) is 34.7 Å². The predicted octanol–water partition coefficient (Wildman–Crippen LogP) is 3.81. The molecule has 0 saturated carbocycles. The van der Waals surface area contributed by atoms with E-state index < -0.39 is 0 Å². The molecule has 1 aromatic carbocycles. The molecule has 28 heavy (non-hydrogen) atoms. The van der Waals surface area contributed by atoms with Gasteiger partial charge in [-0.2, -0.15) is 0 Å². The molecule has 1 N–H and O–H groups in total. The third-order valence-electron chi connectivity index (χ3n) is 3.70. The number of halogens is 1. The molecule has 1 atom stereocenters. The monoisotopic (exact) mass is 438 g/mol. The standard InChI is InChI=1S/C17H19ClN6O2S2/c1-4-24-14(9-26-13-7-5-12(18)6-8-13)21-23-17(24)27-10(2)15(25)19-16-22-20-11(3)28-16/h5-8,10H,4,9H2,1-3H3,(H,19,22,25)/t10-/m1/s1. The van der Waals surface area contributed by atoms with Crippen molar-refractivity contribution in [1.29, 1.82) is 0 Å². The molecule has 0 radical (unpaired) electrons. The van der Waals surface area contributed by atoms with Crippen LogP contribution in [0.5, 0.6) is 5.75 Å². The smallest absolute Gasteiger partial charge is 0.239 e. The fourth-order valence-corrected chi connectivity index (χ4v) is 3.93. The van der Waals surface area contributed by atoms with Crippen molar-refractivity contribution in [3.8, 4) is 5.75 Å². The van der Waals surface area contributed by atoms with E-state index in [1.807, 2.05) is 25.3 Å². The zero-order chi connectivity index (χ0) is 20.1. The molecule has 3 rings (SSSR count). The van der Waals surface area contributed by atoms with Crippen LogP contribution in [0.1, 0.15) is 24.7 Å². The molecule has 0 unspecified atom stereocenters. The van der Waals surface area contributed by atoms with Crippen LogP contribution in [0.2, 0.25) is 5.02 Å². The lowest BCUT2D eigenvalue weighted by atomic mass is 10.3. The van der Waals surface area contributed by atoms with Gasteiger partial charge in [0.25, 0.3) is 0 Å². The molecular formula is C17H19ClN6O2S2. The third kappa shape index (κ3) is 5.21. The van der Waals surface area contributed by atoms with Crippen LogP contribution < -0.4 is 10.1 Å². The number of amides is 1. The minimum atomic E-state index is -0.372. The van der Waals surface area contributed by atoms with Gasteiger partial charge >= 0.3 is 0 Å². The summed E-state index contributed by atoms with van der Waals surface area (Å²) in [6.07, 6.45) is 0. The van der Waals surface area contributed by atoms with Gasteiger partial charge in [-0.25, -0.2) is 0 Å². The van der Waals surface area contributed by atoms with E-state index >= 15 is 0 Å². The zero-order valence-corrected chi connectivity index (χ0v) is 17.9. The number of hydrogen-bond donors (Lipinski definition) is 1. The minimum absolute atomic E-state index is 0.161. The molecule has 0 spiro atoms. The van der Waals surface area contributed by atoms with Crippen molar-refractivity contribution in [2.24, 2.45) is 0 Å². The highest BCUT2D eigenvalue weighted by atomic mass is 35.5. The second-order valence-electron chi connectivity index (χ2n) is 5.76. The van der Waals surface area contributed by atoms with Crippen LogP contribution in [0.4, 0.5) is 5.13 Å². The van der Waals surface area contributed by atoms with Gasteiger partial charge in [0, 0.05) is 11.6 Å². The number of aromatic nitrogens is 5. The first kappa shape index (κ1) is 20.6. The first-order valence-corrected chi connectivity index (χ1v) is 10.6. The molecule has 11 heteroatoms. The van der Waals surface area contributed by atoms with Crippen LogP contribution in [-0.2, 0) is 17.9 Å². The Balaban J connectivity index is 1.62. The number of ether oxygens (including phenoxy) is 1. The van der Waals surface area contributed by atoms with Gasteiger partial charge in [-0.05, 0) is 45.0 Å². The third-order valence-corrected chi connectivity index (χ3v) is 5.79. The lowest BCUT2D eigenvalue weighted by Crippen LogP contribution is -2.23. The Morgan fingerprint density at radius 1 is 1.29 bits per heavy atom. The quantitative estimate of drug-likeness (QED) is 0.534. The predicted molar refractivity (Wildman–Crippen MR) is 110 cm³/mol. The maximum Gasteiger partial charge on any atom is 0.239 e. The second kappa shape index (κ2) is 9.35. The van der Waals surface area contributed by atoms with E-state index in [0.717, 1.165) is 5.01 Å². The van der Waals surface area contributed by atoms with E-state index in [2.05, 4.69) is 25.7 Å². The van der Waals surface area contributed by atoms with E-state index in [9.17, 15) is 4.79 Å². The lowest BCUT2D eigenvalue weighted by molar-refractivity contribution is -0.115. The van der Waals surface area contributed by atoms with E-state index in [-0.39, 0.29) is 17.8 Å². The molecular weight excluding hydrogens is 420 g/mol. The Morgan fingerprint density at radius 2 is 2.04 bits per heavy atom. The molecule has 3 aromatic rings. The van der Waals surface area contributed by atoms with Gasteiger partial charge < -0.3 is 9.30 Å². The summed E-state index contributed by atoms with van der Waals surface area (Å²) in [6, 6.07) is 7.13. The maximum absolute atomic E-state index is 12.4. The number of aryl methyl sites for hydroxylation is 1. The number of anilines is 1. The Hall–Kier alpha value is -2.17. The van der Waals surface area contributed by atoms with Gasteiger partial charge in [0.2, 0.25) is 11.0 Å². The van der Waals surface area contributed by atoms with Crippen molar-refractivity contribution in [2.45, 2.75) is 44.3 Å². The number of carbonyl (C=O) groups is 1. The fraction of sp³-hybridized carbons (Fsp3) is 0.353. The van der Waals surface area contributed by atoms with Crippen LogP contribution in [0.15, 0.2) is 29.4 Å². The summed E-state index contributed by atoms with van der Waals surface area (Å²) in [6.45, 7) is 6.58. The molecule has 2 heterocycles. The van der Waals surface area contributed by atoms with Crippen LogP contribution in [-0.4, -0.2) is 36.1 Å². The van der Waals surface area contributed by atoms with Crippen LogP contribution in [0.3, 0.4) is 0 Å². The second-order valence-corrected chi connectivity index (χ2v) is 8.69. The molecule has 0 aliphatic carbocycles. The van der Waals surface area contributed by atoms with Crippen LogP contribution >= 0.6 is 34.7 Å². The number of thioether (sulfide) groups is 1. The number of carbonyl (C=O) groups excluding carboxylic acids is 1. The SMILES string of the molecule is CCn1c(COc2ccc(Cl)cc2)nnc1S[C@H](C)C(=O)Nc1nnc(C)s1. The number of hydrogen-bond acceptors (Lipinski definition) is 8. The van der Waals surface area contributed by atoms with Crippen LogP contribution in [0.25, 0.3) is 0 Å². The summed E-state index contributed by atoms with van der Waals surface area (Å²) in [5, 5.41) is 21.2. The Morgan fingerprint density at radius 3 is 2.68 bits per heavy atom. The summed E-state index contributed by atoms with van der Waals surface area (Å²) in [5.74, 6) is 1.22. The highest BCUT2D eigenvalue weighted by Crippen LogP contribution is 2.25. The highest BCUT2D eigenvalue weighted by molar-refractivity contribution is 8.00. The van der Waals surface area contributed by atoms with Crippen LogP contribution in [0, 0.1) is 6.92 Å². The largest absolute Gasteiger partial charge is 0.486 e. The normalized spacial score (nSPS) is 12.0. The number of nitrogens with one attached hydrogen (secondary N) is 1. The van der Waals surface area contributed by atoms with E-state index in [1.54, 1.807) is 24.3 Å². The van der Waals surface area contributed by atoms with E-state index in [0.29, 0.717) is 33.4 Å². The molecule has 8 nitrogen and oxygen atoms in total. The summed E-state index contributed by atoms with van der Waals surface area (Å²) in [4.78, 5) is 12.4. The van der Waals surface area contributed by atoms with Gasteiger partial charge in [0.05, 0.1) is 5.25 Å². The summed E-state index contributed by atoms with van der Waals surface area (Å²) < 4.78 is 7.68. The fourth-order valence-electron chi connectivity index (χ4n) is 2.28. The molecule has 0 saturated heterocycles. The topological polar surface area (TPSA) is 94.8 Å². The van der Waals surface area contributed by atoms with Gasteiger partial charge in [-0.3, -0.25) is 10.1 Å². The first-order valence-electron chi connectivity index (χ1n) is 8.54. The van der Waals surface area contributed by atoms with Crippen molar-refractivity contribution in [3.05, 3.63) is 40.1 Å². The Labute approximate surface area is 175 Å². The van der Waals surface area contributed by atoms with Crippen molar-refractivity contribution in [2.75, 3.05) is 5.32 Å². The molecule has 0 fully saturated rings. The number of nitrogens with zero attached hydrogens (tertiary/aromatic N) is 5. The lowest BCUT2D eigenvalue weighted by Gasteiger charge is -2.12. The molecule has 148 valence electrons.